The lowest BCUT2D eigenvalue weighted by Crippen LogP contribution is -2.09. The Balaban J connectivity index is 3.05. The smallest absolute Gasteiger partial charge is 0.140 e. The van der Waals surface area contributed by atoms with Gasteiger partial charge in [0.1, 0.15) is 17.5 Å². The molecule has 0 radical (unpaired) electrons. The molecule has 0 bridgehead atoms. The van der Waals surface area contributed by atoms with Crippen LogP contribution >= 0.6 is 0 Å². The molecule has 15 heavy (non-hydrogen) atoms. The lowest BCUT2D eigenvalue weighted by Gasteiger charge is -2.06. The standard InChI is InChI=1S/C11H18N4/c1-4-5-10-9(6-12)11(13)15(14-10)7-8(2)3/h8H,4-5,7,13H2,1-3H3. The number of nitrogens with two attached hydrogens (primary N) is 1. The van der Waals surface area contributed by atoms with E-state index < -0.39 is 0 Å². The van der Waals surface area contributed by atoms with Crippen LogP contribution in [0.25, 0.3) is 0 Å². The highest BCUT2D eigenvalue weighted by Gasteiger charge is 2.14. The second kappa shape index (κ2) is 4.83. The topological polar surface area (TPSA) is 67.6 Å². The molecule has 1 aromatic rings. The minimum atomic E-state index is 0.480. The van der Waals surface area contributed by atoms with Crippen molar-refractivity contribution in [2.75, 3.05) is 5.73 Å². The van der Waals surface area contributed by atoms with Gasteiger partial charge < -0.3 is 5.73 Å². The first-order chi connectivity index (χ1) is 7.10. The highest BCUT2D eigenvalue weighted by molar-refractivity contribution is 5.52. The molecule has 0 aliphatic heterocycles. The Morgan fingerprint density at radius 2 is 2.20 bits per heavy atom. The molecule has 0 unspecified atom stereocenters. The van der Waals surface area contributed by atoms with Gasteiger partial charge in [0, 0.05) is 6.54 Å². The third-order valence-electron chi connectivity index (χ3n) is 2.20. The molecule has 0 amide bonds. The van der Waals surface area contributed by atoms with Crippen molar-refractivity contribution in [3.8, 4) is 6.07 Å². The van der Waals surface area contributed by atoms with Crippen LogP contribution in [0.15, 0.2) is 0 Å². The van der Waals surface area contributed by atoms with E-state index in [0.29, 0.717) is 17.3 Å². The van der Waals surface area contributed by atoms with Gasteiger partial charge >= 0.3 is 0 Å². The number of aromatic nitrogens is 2. The Hall–Kier alpha value is -1.50. The molecule has 0 fully saturated rings. The van der Waals surface area contributed by atoms with Crippen molar-refractivity contribution in [2.45, 2.75) is 40.2 Å². The van der Waals surface area contributed by atoms with E-state index in [4.69, 9.17) is 11.0 Å². The van der Waals surface area contributed by atoms with E-state index in [9.17, 15) is 0 Å². The molecule has 1 heterocycles. The van der Waals surface area contributed by atoms with Crippen LogP contribution in [0.2, 0.25) is 0 Å². The summed E-state index contributed by atoms with van der Waals surface area (Å²) in [6.07, 6.45) is 1.80. The Bertz CT molecular complexity index is 371. The molecule has 0 aliphatic rings. The van der Waals surface area contributed by atoms with Crippen LogP contribution in [0.5, 0.6) is 0 Å². The molecule has 0 atom stereocenters. The minimum Gasteiger partial charge on any atom is -0.383 e. The van der Waals surface area contributed by atoms with E-state index in [0.717, 1.165) is 25.1 Å². The first-order valence-electron chi connectivity index (χ1n) is 5.35. The third-order valence-corrected chi connectivity index (χ3v) is 2.20. The van der Waals surface area contributed by atoms with Gasteiger partial charge in [-0.15, -0.1) is 0 Å². The molecular formula is C11H18N4. The van der Waals surface area contributed by atoms with Crippen LogP contribution in [-0.4, -0.2) is 9.78 Å². The Labute approximate surface area is 90.7 Å². The number of hydrogen-bond donors (Lipinski definition) is 1. The van der Waals surface area contributed by atoms with Crippen molar-refractivity contribution in [1.29, 1.82) is 5.26 Å². The number of nitrogens with zero attached hydrogens (tertiary/aromatic N) is 3. The number of anilines is 1. The molecule has 0 aromatic carbocycles. The van der Waals surface area contributed by atoms with Gasteiger partial charge in [0.15, 0.2) is 0 Å². The second-order valence-electron chi connectivity index (χ2n) is 4.14. The average Bonchev–Trinajstić information content (AvgIpc) is 2.43. The number of hydrogen-bond acceptors (Lipinski definition) is 3. The minimum absolute atomic E-state index is 0.480. The molecule has 0 saturated heterocycles. The fourth-order valence-corrected chi connectivity index (χ4v) is 1.55. The van der Waals surface area contributed by atoms with E-state index in [-0.39, 0.29) is 0 Å². The Morgan fingerprint density at radius 3 is 2.67 bits per heavy atom. The van der Waals surface area contributed by atoms with E-state index in [2.05, 4.69) is 31.9 Å². The van der Waals surface area contributed by atoms with Crippen LogP contribution < -0.4 is 5.73 Å². The fraction of sp³-hybridized carbons (Fsp3) is 0.636. The van der Waals surface area contributed by atoms with Crippen LogP contribution in [0.1, 0.15) is 38.4 Å². The normalized spacial score (nSPS) is 10.6. The summed E-state index contributed by atoms with van der Waals surface area (Å²) in [6.45, 7) is 7.04. The molecule has 1 rings (SSSR count). The van der Waals surface area contributed by atoms with Gasteiger partial charge in [0.2, 0.25) is 0 Å². The van der Waals surface area contributed by atoms with Gasteiger partial charge in [-0.1, -0.05) is 27.2 Å². The zero-order chi connectivity index (χ0) is 11.4. The highest BCUT2D eigenvalue weighted by Crippen LogP contribution is 2.18. The van der Waals surface area contributed by atoms with Gasteiger partial charge in [0.25, 0.3) is 0 Å². The van der Waals surface area contributed by atoms with E-state index in [1.165, 1.54) is 0 Å². The number of aryl methyl sites for hydroxylation is 1. The molecule has 4 nitrogen and oxygen atoms in total. The molecule has 2 N–H and O–H groups in total. The first-order valence-corrected chi connectivity index (χ1v) is 5.35. The SMILES string of the molecule is CCCc1nn(CC(C)C)c(N)c1C#N. The van der Waals surface area contributed by atoms with Crippen LogP contribution in [0.3, 0.4) is 0 Å². The number of nitriles is 1. The van der Waals surface area contributed by atoms with E-state index >= 15 is 0 Å². The maximum atomic E-state index is 8.99. The Morgan fingerprint density at radius 1 is 1.53 bits per heavy atom. The first kappa shape index (κ1) is 11.6. The average molecular weight is 206 g/mol. The molecule has 4 heteroatoms. The molecule has 1 aromatic heterocycles. The summed E-state index contributed by atoms with van der Waals surface area (Å²) in [6, 6.07) is 2.13. The largest absolute Gasteiger partial charge is 0.383 e. The Kier molecular flexibility index (Phi) is 3.73. The summed E-state index contributed by atoms with van der Waals surface area (Å²) in [4.78, 5) is 0. The van der Waals surface area contributed by atoms with Gasteiger partial charge in [-0.05, 0) is 12.3 Å². The zero-order valence-corrected chi connectivity index (χ0v) is 9.62. The van der Waals surface area contributed by atoms with Crippen LogP contribution in [0, 0.1) is 17.2 Å². The summed E-state index contributed by atoms with van der Waals surface area (Å²) in [7, 11) is 0. The molecular weight excluding hydrogens is 188 g/mol. The monoisotopic (exact) mass is 206 g/mol. The summed E-state index contributed by atoms with van der Waals surface area (Å²) in [5.74, 6) is 0.989. The van der Waals surface area contributed by atoms with Gasteiger partial charge in [-0.2, -0.15) is 10.4 Å². The van der Waals surface area contributed by atoms with Gasteiger partial charge in [-0.25, -0.2) is 4.68 Å². The summed E-state index contributed by atoms with van der Waals surface area (Å²) < 4.78 is 1.74. The lowest BCUT2D eigenvalue weighted by atomic mass is 10.1. The summed E-state index contributed by atoms with van der Waals surface area (Å²) in [5, 5.41) is 13.4. The van der Waals surface area contributed by atoms with Crippen molar-refractivity contribution in [3.05, 3.63) is 11.3 Å². The molecule has 0 spiro atoms. The van der Waals surface area contributed by atoms with E-state index in [1.54, 1.807) is 4.68 Å². The number of rotatable bonds is 4. The maximum Gasteiger partial charge on any atom is 0.140 e. The number of nitrogen functional groups attached to an aromatic ring is 1. The van der Waals surface area contributed by atoms with Crippen molar-refractivity contribution < 1.29 is 0 Å². The summed E-state index contributed by atoms with van der Waals surface area (Å²) in [5.41, 5.74) is 7.26. The molecule has 0 saturated carbocycles. The zero-order valence-electron chi connectivity index (χ0n) is 9.62. The predicted molar refractivity (Wildman–Crippen MR) is 60.2 cm³/mol. The lowest BCUT2D eigenvalue weighted by molar-refractivity contribution is 0.484. The summed E-state index contributed by atoms with van der Waals surface area (Å²) >= 11 is 0. The fourth-order valence-electron chi connectivity index (χ4n) is 1.55. The molecule has 0 aliphatic carbocycles. The van der Waals surface area contributed by atoms with Crippen LogP contribution in [0.4, 0.5) is 5.82 Å². The van der Waals surface area contributed by atoms with E-state index in [1.807, 2.05) is 0 Å². The van der Waals surface area contributed by atoms with Crippen molar-refractivity contribution in [3.63, 3.8) is 0 Å². The van der Waals surface area contributed by atoms with Crippen molar-refractivity contribution in [2.24, 2.45) is 5.92 Å². The van der Waals surface area contributed by atoms with Crippen LogP contribution in [-0.2, 0) is 13.0 Å². The van der Waals surface area contributed by atoms with Gasteiger partial charge in [-0.3, -0.25) is 0 Å². The van der Waals surface area contributed by atoms with Crippen molar-refractivity contribution >= 4 is 5.82 Å². The van der Waals surface area contributed by atoms with Crippen molar-refractivity contribution in [1.82, 2.24) is 9.78 Å². The second-order valence-corrected chi connectivity index (χ2v) is 4.14. The highest BCUT2D eigenvalue weighted by atomic mass is 15.3. The third kappa shape index (κ3) is 2.50. The maximum absolute atomic E-state index is 8.99. The quantitative estimate of drug-likeness (QED) is 0.818. The molecule has 82 valence electrons. The van der Waals surface area contributed by atoms with Gasteiger partial charge in [0.05, 0.1) is 5.69 Å². The predicted octanol–water partition coefficient (Wildman–Crippen LogP) is 1.95.